The first-order chi connectivity index (χ1) is 20.4. The van der Waals surface area contributed by atoms with E-state index in [1.165, 1.54) is 0 Å². The molecule has 4 heterocycles. The first-order valence-corrected chi connectivity index (χ1v) is 14.2. The number of carbonyl (C=O) groups excluding carboxylic acids is 3. The van der Waals surface area contributed by atoms with Gasteiger partial charge in [0.1, 0.15) is 12.4 Å². The molecule has 2 aromatic carbocycles. The van der Waals surface area contributed by atoms with Gasteiger partial charge in [0.05, 0.1) is 32.8 Å². The number of amides is 3. The van der Waals surface area contributed by atoms with Crippen molar-refractivity contribution in [3.8, 4) is 11.5 Å². The number of nitrogens with one attached hydrogen (secondary N) is 1. The zero-order valence-corrected chi connectivity index (χ0v) is 23.8. The monoisotopic (exact) mass is 574 g/mol. The van der Waals surface area contributed by atoms with Gasteiger partial charge in [-0.3, -0.25) is 14.4 Å². The van der Waals surface area contributed by atoms with Crippen molar-refractivity contribution in [2.24, 2.45) is 5.92 Å². The van der Waals surface area contributed by atoms with Crippen LogP contribution < -0.4 is 14.8 Å². The number of fused-ring (bicyclic) bond motifs is 5. The van der Waals surface area contributed by atoms with E-state index >= 15 is 0 Å². The van der Waals surface area contributed by atoms with Gasteiger partial charge in [0.2, 0.25) is 5.91 Å². The Bertz CT molecular complexity index is 1500. The minimum Gasteiger partial charge on any atom is -0.493 e. The van der Waals surface area contributed by atoms with Crippen LogP contribution >= 0.6 is 0 Å². The van der Waals surface area contributed by atoms with Crippen LogP contribution in [-0.2, 0) is 22.7 Å². The first-order valence-electron chi connectivity index (χ1n) is 14.2. The molecule has 0 radical (unpaired) electrons. The van der Waals surface area contributed by atoms with Gasteiger partial charge in [-0.1, -0.05) is 23.4 Å². The van der Waals surface area contributed by atoms with Crippen molar-refractivity contribution in [3.05, 3.63) is 76.2 Å². The number of hydrogen-bond donors (Lipinski definition) is 1. The summed E-state index contributed by atoms with van der Waals surface area (Å²) in [5, 5.41) is 6.93. The highest BCUT2D eigenvalue weighted by Gasteiger charge is 2.41. The normalized spacial score (nSPS) is 20.7. The van der Waals surface area contributed by atoms with E-state index in [0.29, 0.717) is 68.6 Å². The van der Waals surface area contributed by atoms with E-state index < -0.39 is 5.92 Å². The molecule has 11 heteroatoms. The molecule has 3 aromatic rings. The molecule has 0 saturated carbocycles. The lowest BCUT2D eigenvalue weighted by Gasteiger charge is -2.26. The second kappa shape index (κ2) is 11.8. The highest BCUT2D eigenvalue weighted by molar-refractivity contribution is 5.96. The van der Waals surface area contributed by atoms with Crippen LogP contribution in [0.4, 0.5) is 0 Å². The lowest BCUT2D eigenvalue weighted by atomic mass is 9.88. The van der Waals surface area contributed by atoms with Crippen LogP contribution in [-0.4, -0.2) is 79.1 Å². The van der Waals surface area contributed by atoms with E-state index in [4.69, 9.17) is 18.7 Å². The summed E-state index contributed by atoms with van der Waals surface area (Å²) >= 11 is 0. The summed E-state index contributed by atoms with van der Waals surface area (Å²) in [6, 6.07) is 12.9. The maximum atomic E-state index is 13.7. The molecule has 3 aliphatic heterocycles. The highest BCUT2D eigenvalue weighted by Crippen LogP contribution is 2.38. The molecule has 2 bridgehead atoms. The Kier molecular flexibility index (Phi) is 7.84. The number of rotatable bonds is 3. The van der Waals surface area contributed by atoms with Crippen LogP contribution in [0.3, 0.4) is 0 Å². The van der Waals surface area contributed by atoms with Crippen LogP contribution in [0.25, 0.3) is 0 Å². The van der Waals surface area contributed by atoms with Crippen LogP contribution in [0.2, 0.25) is 0 Å². The van der Waals surface area contributed by atoms with Crippen molar-refractivity contribution < 1.29 is 33.1 Å². The predicted molar refractivity (Wildman–Crippen MR) is 150 cm³/mol. The fourth-order valence-corrected chi connectivity index (χ4v) is 6.01. The van der Waals surface area contributed by atoms with E-state index in [0.717, 1.165) is 16.7 Å². The third kappa shape index (κ3) is 5.44. The van der Waals surface area contributed by atoms with Gasteiger partial charge < -0.3 is 33.9 Å². The Morgan fingerprint density at radius 1 is 1.02 bits per heavy atom. The van der Waals surface area contributed by atoms with E-state index in [1.807, 2.05) is 36.4 Å². The number of methoxy groups -OCH3 is 1. The molecule has 1 N–H and O–H groups in total. The van der Waals surface area contributed by atoms with Gasteiger partial charge in [-0.2, -0.15) is 0 Å². The van der Waals surface area contributed by atoms with Crippen molar-refractivity contribution in [2.45, 2.75) is 32.5 Å². The van der Waals surface area contributed by atoms with Crippen LogP contribution in [0, 0.1) is 12.8 Å². The topological polar surface area (TPSA) is 123 Å². The molecule has 11 nitrogen and oxygen atoms in total. The number of nitrogens with zero attached hydrogens (tertiary/aromatic N) is 3. The van der Waals surface area contributed by atoms with Crippen LogP contribution in [0.5, 0.6) is 11.5 Å². The molecule has 3 aliphatic rings. The molecule has 0 aliphatic carbocycles. The Morgan fingerprint density at radius 3 is 2.69 bits per heavy atom. The number of carbonyl (C=O) groups is 3. The number of aromatic nitrogens is 1. The summed E-state index contributed by atoms with van der Waals surface area (Å²) < 4.78 is 22.4. The van der Waals surface area contributed by atoms with E-state index in [2.05, 4.69) is 10.5 Å². The Balaban J connectivity index is 1.26. The van der Waals surface area contributed by atoms with Gasteiger partial charge in [0.25, 0.3) is 11.8 Å². The molecule has 0 spiro atoms. The maximum absolute atomic E-state index is 13.7. The maximum Gasteiger partial charge on any atom is 0.276 e. The molecule has 1 aromatic heterocycles. The van der Waals surface area contributed by atoms with Crippen molar-refractivity contribution >= 4 is 17.7 Å². The van der Waals surface area contributed by atoms with Gasteiger partial charge >= 0.3 is 0 Å². The van der Waals surface area contributed by atoms with Crippen LogP contribution in [0.15, 0.2) is 47.0 Å². The third-order valence-corrected chi connectivity index (χ3v) is 8.22. The van der Waals surface area contributed by atoms with Crippen molar-refractivity contribution in [3.63, 3.8) is 0 Å². The van der Waals surface area contributed by atoms with Gasteiger partial charge in [0, 0.05) is 43.7 Å². The number of benzene rings is 2. The standard InChI is InChI=1S/C31H34N4O7/c1-19-13-26(33-42-19)31(38)35-15-23-20-7-8-27(39-2)28(14-20)41-12-11-34(10-4-9-32-29(36)24(23)16-35)30(37)22-6-3-5-21-17-40-18-25(21)22/h3,5-8,13-14,23-24H,4,9-12,15-18H2,1-2H3,(H,32,36)/t23-,24+/m1/s1. The number of hydrogen-bond acceptors (Lipinski definition) is 8. The smallest absolute Gasteiger partial charge is 0.276 e. The molecule has 42 heavy (non-hydrogen) atoms. The molecule has 1 saturated heterocycles. The van der Waals surface area contributed by atoms with Gasteiger partial charge in [0.15, 0.2) is 17.2 Å². The molecule has 6 rings (SSSR count). The highest BCUT2D eigenvalue weighted by atomic mass is 16.5. The largest absolute Gasteiger partial charge is 0.493 e. The van der Waals surface area contributed by atoms with Gasteiger partial charge in [-0.25, -0.2) is 0 Å². The average Bonchev–Trinajstić information content (AvgIpc) is 3.76. The van der Waals surface area contributed by atoms with E-state index in [-0.39, 0.29) is 42.5 Å². The lowest BCUT2D eigenvalue weighted by Crippen LogP contribution is -2.39. The van der Waals surface area contributed by atoms with Crippen molar-refractivity contribution in [1.82, 2.24) is 20.3 Å². The fourth-order valence-electron chi connectivity index (χ4n) is 6.01. The molecule has 220 valence electrons. The number of aryl methyl sites for hydroxylation is 1. The Labute approximate surface area is 243 Å². The van der Waals surface area contributed by atoms with Gasteiger partial charge in [-0.15, -0.1) is 0 Å². The Morgan fingerprint density at radius 2 is 1.88 bits per heavy atom. The average molecular weight is 575 g/mol. The molecule has 0 unspecified atom stereocenters. The Hall–Kier alpha value is -4.38. The quantitative estimate of drug-likeness (QED) is 0.507. The summed E-state index contributed by atoms with van der Waals surface area (Å²) in [5.74, 6) is 0.377. The summed E-state index contributed by atoms with van der Waals surface area (Å²) in [7, 11) is 1.57. The van der Waals surface area contributed by atoms with Crippen LogP contribution in [0.1, 0.15) is 55.6 Å². The zero-order chi connectivity index (χ0) is 29.2. The molecule has 3 amide bonds. The van der Waals surface area contributed by atoms with E-state index in [1.54, 1.807) is 29.9 Å². The summed E-state index contributed by atoms with van der Waals surface area (Å²) in [6.07, 6.45) is 0.565. The molecular weight excluding hydrogens is 540 g/mol. The van der Waals surface area contributed by atoms with Crippen molar-refractivity contribution in [2.75, 3.05) is 46.4 Å². The first kappa shape index (κ1) is 27.8. The molecule has 2 atom stereocenters. The number of likely N-dealkylation sites (tertiary alicyclic amines) is 1. The van der Waals surface area contributed by atoms with E-state index in [9.17, 15) is 14.4 Å². The zero-order valence-electron chi connectivity index (χ0n) is 23.8. The lowest BCUT2D eigenvalue weighted by molar-refractivity contribution is -0.124. The summed E-state index contributed by atoms with van der Waals surface area (Å²) in [4.78, 5) is 43.8. The van der Waals surface area contributed by atoms with Gasteiger partial charge in [-0.05, 0) is 48.2 Å². The second-order valence-electron chi connectivity index (χ2n) is 10.9. The minimum absolute atomic E-state index is 0.0896. The fraction of sp³-hybridized carbons (Fsp3) is 0.419. The summed E-state index contributed by atoms with van der Waals surface area (Å²) in [6.45, 7) is 4.70. The molecular formula is C31H34N4O7. The number of ether oxygens (including phenoxy) is 3. The predicted octanol–water partition coefficient (Wildman–Crippen LogP) is 2.92. The third-order valence-electron chi connectivity index (χ3n) is 8.22. The molecule has 1 fully saturated rings. The SMILES string of the molecule is COc1ccc2cc1OCCN(C(=O)c1cccc3c1COC3)CCCNC(=O)[C@H]1CN(C(=O)c3cc(C)on3)C[C@H]21. The van der Waals surface area contributed by atoms with Crippen molar-refractivity contribution in [1.29, 1.82) is 0 Å². The summed E-state index contributed by atoms with van der Waals surface area (Å²) in [5.41, 5.74) is 3.68. The second-order valence-corrected chi connectivity index (χ2v) is 10.9. The minimum atomic E-state index is -0.476.